The highest BCUT2D eigenvalue weighted by Crippen LogP contribution is 2.31. The Labute approximate surface area is 138 Å². The lowest BCUT2D eigenvalue weighted by Gasteiger charge is -2.40. The van der Waals surface area contributed by atoms with Gasteiger partial charge in [0.1, 0.15) is 0 Å². The molecule has 126 valence electrons. The fraction of sp³-hybridized carbons (Fsp3) is 0.556. The summed E-state index contributed by atoms with van der Waals surface area (Å²) in [5.74, 6) is 0.204. The van der Waals surface area contributed by atoms with Crippen LogP contribution < -0.4 is 0 Å². The summed E-state index contributed by atoms with van der Waals surface area (Å²) in [5.41, 5.74) is 0.596. The Hall–Kier alpha value is -1.88. The maximum atomic E-state index is 13.0. The minimum absolute atomic E-state index is 0.204. The van der Waals surface area contributed by atoms with Crippen LogP contribution in [0.2, 0.25) is 0 Å². The summed E-state index contributed by atoms with van der Waals surface area (Å²) in [7, 11) is 1.39. The zero-order valence-electron chi connectivity index (χ0n) is 14.4. The van der Waals surface area contributed by atoms with Crippen LogP contribution in [-0.4, -0.2) is 55.0 Å². The molecule has 5 nitrogen and oxygen atoms in total. The van der Waals surface area contributed by atoms with Crippen molar-refractivity contribution in [3.63, 3.8) is 0 Å². The van der Waals surface area contributed by atoms with E-state index in [4.69, 9.17) is 4.74 Å². The molecule has 23 heavy (non-hydrogen) atoms. The molecule has 1 aliphatic heterocycles. The Bertz CT molecular complexity index is 543. The van der Waals surface area contributed by atoms with Gasteiger partial charge in [0.25, 0.3) is 0 Å². The topological polar surface area (TPSA) is 49.9 Å². The fourth-order valence-electron chi connectivity index (χ4n) is 2.87. The molecular weight excluding hydrogens is 292 g/mol. The van der Waals surface area contributed by atoms with Crippen molar-refractivity contribution < 1.29 is 14.3 Å². The van der Waals surface area contributed by atoms with E-state index in [0.717, 1.165) is 5.56 Å². The van der Waals surface area contributed by atoms with Gasteiger partial charge >= 0.3 is 6.09 Å². The van der Waals surface area contributed by atoms with Crippen LogP contribution >= 0.6 is 0 Å². The lowest BCUT2D eigenvalue weighted by molar-refractivity contribution is -0.132. The minimum Gasteiger partial charge on any atom is -0.453 e. The number of ketones is 1. The summed E-state index contributed by atoms with van der Waals surface area (Å²) in [6.45, 7) is 8.34. The highest BCUT2D eigenvalue weighted by atomic mass is 16.5. The number of hydrogen-bond acceptors (Lipinski definition) is 4. The Morgan fingerprint density at radius 3 is 2.09 bits per heavy atom. The Balaban J connectivity index is 2.20. The molecule has 1 aromatic carbocycles. The molecule has 1 aliphatic rings. The summed E-state index contributed by atoms with van der Waals surface area (Å²) in [4.78, 5) is 28.5. The van der Waals surface area contributed by atoms with Gasteiger partial charge in [-0.15, -0.1) is 0 Å². The minimum atomic E-state index is -0.417. The highest BCUT2D eigenvalue weighted by Gasteiger charge is 2.36. The second-order valence-electron chi connectivity index (χ2n) is 6.92. The fourth-order valence-corrected chi connectivity index (χ4v) is 2.87. The maximum absolute atomic E-state index is 13.0. The second-order valence-corrected chi connectivity index (χ2v) is 6.92. The van der Waals surface area contributed by atoms with E-state index in [1.165, 1.54) is 7.11 Å². The maximum Gasteiger partial charge on any atom is 0.409 e. The normalized spacial score (nSPS) is 17.7. The van der Waals surface area contributed by atoms with Gasteiger partial charge in [-0.2, -0.15) is 0 Å². The van der Waals surface area contributed by atoms with E-state index >= 15 is 0 Å². The van der Waals surface area contributed by atoms with Gasteiger partial charge in [0, 0.05) is 31.6 Å². The number of methoxy groups -OCH3 is 1. The molecule has 5 heteroatoms. The molecule has 1 amide bonds. The number of ether oxygens (including phenoxy) is 1. The molecule has 1 saturated heterocycles. The number of benzene rings is 1. The average molecular weight is 318 g/mol. The first kappa shape index (κ1) is 17.5. The zero-order valence-corrected chi connectivity index (χ0v) is 14.4. The molecule has 1 fully saturated rings. The summed E-state index contributed by atoms with van der Waals surface area (Å²) in [6, 6.07) is 9.61. The van der Waals surface area contributed by atoms with E-state index in [2.05, 4.69) is 4.90 Å². The van der Waals surface area contributed by atoms with Crippen LogP contribution in [0.3, 0.4) is 0 Å². The van der Waals surface area contributed by atoms with Gasteiger partial charge in [-0.25, -0.2) is 4.79 Å². The number of hydrogen-bond donors (Lipinski definition) is 0. The van der Waals surface area contributed by atoms with Crippen LogP contribution in [-0.2, 0) is 9.53 Å². The van der Waals surface area contributed by atoms with Crippen molar-refractivity contribution in [2.24, 2.45) is 5.41 Å². The second kappa shape index (κ2) is 7.13. The summed E-state index contributed by atoms with van der Waals surface area (Å²) >= 11 is 0. The predicted octanol–water partition coefficient (Wildman–Crippen LogP) is 2.73. The number of amides is 1. The average Bonchev–Trinajstić information content (AvgIpc) is 2.55. The van der Waals surface area contributed by atoms with Gasteiger partial charge < -0.3 is 9.64 Å². The van der Waals surface area contributed by atoms with Crippen LogP contribution in [0.4, 0.5) is 4.79 Å². The molecule has 1 aromatic rings. The Morgan fingerprint density at radius 2 is 1.61 bits per heavy atom. The first-order chi connectivity index (χ1) is 10.8. The van der Waals surface area contributed by atoms with Crippen molar-refractivity contribution in [2.45, 2.75) is 26.8 Å². The van der Waals surface area contributed by atoms with Crippen molar-refractivity contribution in [3.05, 3.63) is 35.9 Å². The molecule has 0 bridgehead atoms. The third-order valence-corrected chi connectivity index (χ3v) is 4.22. The number of carbonyl (C=O) groups excluding carboxylic acids is 2. The molecule has 0 aromatic heterocycles. The Kier molecular flexibility index (Phi) is 5.42. The van der Waals surface area contributed by atoms with E-state index < -0.39 is 5.41 Å². The predicted molar refractivity (Wildman–Crippen MR) is 89.2 cm³/mol. The highest BCUT2D eigenvalue weighted by molar-refractivity contribution is 5.89. The molecule has 1 atom stereocenters. The number of nitrogens with zero attached hydrogens (tertiary/aromatic N) is 2. The SMILES string of the molecule is COC(=O)N1CCN(C(C(=O)C(C)(C)C)c2ccccc2)CC1. The third kappa shape index (κ3) is 4.10. The van der Waals surface area contributed by atoms with Gasteiger partial charge in [0.05, 0.1) is 13.2 Å². The molecule has 0 radical (unpaired) electrons. The number of carbonyl (C=O) groups is 2. The molecular formula is C18H26N2O3. The van der Waals surface area contributed by atoms with Gasteiger partial charge in [0.2, 0.25) is 0 Å². The van der Waals surface area contributed by atoms with Crippen molar-refractivity contribution >= 4 is 11.9 Å². The van der Waals surface area contributed by atoms with Gasteiger partial charge in [-0.1, -0.05) is 51.1 Å². The molecule has 2 rings (SSSR count). The first-order valence-corrected chi connectivity index (χ1v) is 8.01. The van der Waals surface area contributed by atoms with Gasteiger partial charge in [-0.05, 0) is 5.56 Å². The van der Waals surface area contributed by atoms with Crippen LogP contribution in [0.1, 0.15) is 32.4 Å². The molecule has 0 spiro atoms. The van der Waals surface area contributed by atoms with Gasteiger partial charge in [-0.3, -0.25) is 9.69 Å². The molecule has 0 aliphatic carbocycles. The summed E-state index contributed by atoms with van der Waals surface area (Å²) < 4.78 is 4.77. The van der Waals surface area contributed by atoms with Crippen molar-refractivity contribution in [2.75, 3.05) is 33.3 Å². The van der Waals surface area contributed by atoms with Crippen molar-refractivity contribution in [1.29, 1.82) is 0 Å². The quantitative estimate of drug-likeness (QED) is 0.860. The third-order valence-electron chi connectivity index (χ3n) is 4.22. The Morgan fingerprint density at radius 1 is 1.04 bits per heavy atom. The number of piperazine rings is 1. The lowest BCUT2D eigenvalue weighted by atomic mass is 9.83. The van der Waals surface area contributed by atoms with E-state index in [1.807, 2.05) is 51.1 Å². The van der Waals surface area contributed by atoms with Crippen LogP contribution in [0.25, 0.3) is 0 Å². The number of rotatable bonds is 3. The van der Waals surface area contributed by atoms with Crippen LogP contribution in [0.5, 0.6) is 0 Å². The van der Waals surface area contributed by atoms with E-state index in [1.54, 1.807) is 4.90 Å². The molecule has 1 heterocycles. The largest absolute Gasteiger partial charge is 0.453 e. The van der Waals surface area contributed by atoms with Crippen LogP contribution in [0, 0.1) is 5.41 Å². The first-order valence-electron chi connectivity index (χ1n) is 8.01. The smallest absolute Gasteiger partial charge is 0.409 e. The number of Topliss-reactive ketones (excluding diaryl/α,β-unsaturated/α-hetero) is 1. The summed E-state index contributed by atoms with van der Waals surface area (Å²) in [6.07, 6.45) is -0.303. The standard InChI is InChI=1S/C18H26N2O3/c1-18(2,3)16(21)15(14-8-6-5-7-9-14)19-10-12-20(13-11-19)17(22)23-4/h5-9,15H,10-13H2,1-4H3. The zero-order chi connectivity index (χ0) is 17.0. The lowest BCUT2D eigenvalue weighted by Crippen LogP contribution is -2.52. The van der Waals surface area contributed by atoms with Gasteiger partial charge in [0.15, 0.2) is 5.78 Å². The molecule has 0 saturated carbocycles. The van der Waals surface area contributed by atoms with E-state index in [9.17, 15) is 9.59 Å². The van der Waals surface area contributed by atoms with E-state index in [0.29, 0.717) is 26.2 Å². The molecule has 1 unspecified atom stereocenters. The van der Waals surface area contributed by atoms with E-state index in [-0.39, 0.29) is 17.9 Å². The molecule has 0 N–H and O–H groups in total. The monoisotopic (exact) mass is 318 g/mol. The van der Waals surface area contributed by atoms with Crippen LogP contribution in [0.15, 0.2) is 30.3 Å². The van der Waals surface area contributed by atoms with Crippen molar-refractivity contribution in [3.8, 4) is 0 Å². The van der Waals surface area contributed by atoms with Crippen molar-refractivity contribution in [1.82, 2.24) is 9.80 Å². The summed E-state index contributed by atoms with van der Waals surface area (Å²) in [5, 5.41) is 0.